The number of thiophene rings is 1. The molecule has 1 N–H and O–H groups in total. The zero-order valence-corrected chi connectivity index (χ0v) is 17.4. The van der Waals surface area contributed by atoms with E-state index in [0.717, 1.165) is 17.7 Å². The number of aromatic nitrogens is 1. The average Bonchev–Trinajstić information content (AvgIpc) is 3.44. The molecule has 1 atom stereocenters. The van der Waals surface area contributed by atoms with E-state index in [1.165, 1.54) is 33.8 Å². The molecule has 7 heteroatoms. The maximum Gasteiger partial charge on any atom is 0.264 e. The summed E-state index contributed by atoms with van der Waals surface area (Å²) < 4.78 is 0. The lowest BCUT2D eigenvalue weighted by molar-refractivity contribution is -0.119. The lowest BCUT2D eigenvalue weighted by Gasteiger charge is -2.22. The normalized spacial score (nSPS) is 16.4. The van der Waals surface area contributed by atoms with Crippen LogP contribution in [0, 0.1) is 13.8 Å². The Bertz CT molecular complexity index is 1010. The highest BCUT2D eigenvalue weighted by Crippen LogP contribution is 2.28. The third-order valence-electron chi connectivity index (χ3n) is 5.09. The van der Waals surface area contributed by atoms with Crippen molar-refractivity contribution in [2.24, 2.45) is 0 Å². The molecule has 1 unspecified atom stereocenters. The standard InChI is InChI=1S/C21H21N3O2S2/c1-13-7-8-15(11-14(13)2)16-12-28-21(22-16)23-19(25)17-5-3-9-24(17)20(26)18-6-4-10-27-18/h4,6-8,10-12,17H,3,5,9H2,1-2H3,(H,22,23,25). The van der Waals surface area contributed by atoms with Gasteiger partial charge in [0.15, 0.2) is 5.13 Å². The Hall–Kier alpha value is -2.51. The van der Waals surface area contributed by atoms with Crippen molar-refractivity contribution in [3.63, 3.8) is 0 Å². The number of anilines is 1. The molecule has 1 aromatic carbocycles. The van der Waals surface area contributed by atoms with E-state index in [9.17, 15) is 9.59 Å². The average molecular weight is 412 g/mol. The first-order valence-corrected chi connectivity index (χ1v) is 11.0. The predicted molar refractivity (Wildman–Crippen MR) is 114 cm³/mol. The monoisotopic (exact) mass is 411 g/mol. The summed E-state index contributed by atoms with van der Waals surface area (Å²) in [4.78, 5) is 32.4. The van der Waals surface area contributed by atoms with E-state index in [2.05, 4.69) is 36.3 Å². The summed E-state index contributed by atoms with van der Waals surface area (Å²) in [6.45, 7) is 4.77. The summed E-state index contributed by atoms with van der Waals surface area (Å²) in [7, 11) is 0. The first kappa shape index (κ1) is 18.8. The third-order valence-corrected chi connectivity index (χ3v) is 6.70. The van der Waals surface area contributed by atoms with Crippen molar-refractivity contribution in [3.8, 4) is 11.3 Å². The number of amides is 2. The fraction of sp³-hybridized carbons (Fsp3) is 0.286. The number of rotatable bonds is 4. The van der Waals surface area contributed by atoms with E-state index < -0.39 is 6.04 Å². The Morgan fingerprint density at radius 1 is 1.18 bits per heavy atom. The fourth-order valence-electron chi connectivity index (χ4n) is 3.38. The minimum atomic E-state index is -0.441. The molecule has 1 saturated heterocycles. The SMILES string of the molecule is Cc1ccc(-c2csc(NC(=O)C3CCCN3C(=O)c3cccs3)n2)cc1C. The summed E-state index contributed by atoms with van der Waals surface area (Å²) in [6.07, 6.45) is 1.51. The highest BCUT2D eigenvalue weighted by Gasteiger charge is 2.35. The quantitative estimate of drug-likeness (QED) is 0.675. The minimum Gasteiger partial charge on any atom is -0.326 e. The van der Waals surface area contributed by atoms with Crippen LogP contribution in [0.2, 0.25) is 0 Å². The first-order valence-electron chi connectivity index (χ1n) is 9.21. The second-order valence-corrected chi connectivity index (χ2v) is 8.77. The predicted octanol–water partition coefficient (Wildman–Crippen LogP) is 4.73. The molecule has 1 aliphatic rings. The van der Waals surface area contributed by atoms with Crippen LogP contribution in [0.25, 0.3) is 11.3 Å². The molecule has 1 aliphatic heterocycles. The van der Waals surface area contributed by atoms with Gasteiger partial charge in [0.25, 0.3) is 5.91 Å². The maximum absolute atomic E-state index is 12.8. The third kappa shape index (κ3) is 3.72. The molecule has 5 nitrogen and oxygen atoms in total. The topological polar surface area (TPSA) is 62.3 Å². The number of carbonyl (C=O) groups excluding carboxylic acids is 2. The second-order valence-electron chi connectivity index (χ2n) is 6.96. The summed E-state index contributed by atoms with van der Waals surface area (Å²) >= 11 is 2.81. The van der Waals surface area contributed by atoms with Crippen LogP contribution in [0.1, 0.15) is 33.6 Å². The van der Waals surface area contributed by atoms with E-state index in [4.69, 9.17) is 0 Å². The summed E-state index contributed by atoms with van der Waals surface area (Å²) in [5.74, 6) is -0.231. The van der Waals surface area contributed by atoms with Crippen molar-refractivity contribution < 1.29 is 9.59 Å². The van der Waals surface area contributed by atoms with Crippen LogP contribution in [-0.4, -0.2) is 34.3 Å². The van der Waals surface area contributed by atoms with Gasteiger partial charge in [0.1, 0.15) is 6.04 Å². The zero-order valence-electron chi connectivity index (χ0n) is 15.8. The van der Waals surface area contributed by atoms with E-state index in [1.54, 1.807) is 11.0 Å². The van der Waals surface area contributed by atoms with E-state index in [-0.39, 0.29) is 11.8 Å². The molecule has 0 spiro atoms. The largest absolute Gasteiger partial charge is 0.326 e. The van der Waals surface area contributed by atoms with Gasteiger partial charge in [-0.3, -0.25) is 9.59 Å². The Kier molecular flexibility index (Phi) is 5.28. The second kappa shape index (κ2) is 7.85. The summed E-state index contributed by atoms with van der Waals surface area (Å²) in [5, 5.41) is 7.30. The first-order chi connectivity index (χ1) is 13.5. The van der Waals surface area contributed by atoms with Gasteiger partial charge in [-0.05, 0) is 55.3 Å². The molecule has 2 aromatic heterocycles. The Labute approximate surface area is 172 Å². The van der Waals surface area contributed by atoms with Crippen LogP contribution in [0.4, 0.5) is 5.13 Å². The number of benzene rings is 1. The van der Waals surface area contributed by atoms with Crippen molar-refractivity contribution in [1.82, 2.24) is 9.88 Å². The lowest BCUT2D eigenvalue weighted by Crippen LogP contribution is -2.42. The molecule has 0 aliphatic carbocycles. The van der Waals surface area contributed by atoms with E-state index in [1.807, 2.05) is 22.9 Å². The van der Waals surface area contributed by atoms with Crippen molar-refractivity contribution in [3.05, 3.63) is 57.1 Å². The van der Waals surface area contributed by atoms with Crippen LogP contribution in [0.15, 0.2) is 41.1 Å². The smallest absolute Gasteiger partial charge is 0.264 e. The zero-order chi connectivity index (χ0) is 19.7. The molecule has 0 radical (unpaired) electrons. The van der Waals surface area contributed by atoms with Gasteiger partial charge in [0.05, 0.1) is 10.6 Å². The number of aryl methyl sites for hydroxylation is 2. The molecule has 4 rings (SSSR count). The molecule has 144 valence electrons. The fourth-order valence-corrected chi connectivity index (χ4v) is 4.78. The number of likely N-dealkylation sites (tertiary alicyclic amines) is 1. The van der Waals surface area contributed by atoms with Crippen molar-refractivity contribution in [2.45, 2.75) is 32.7 Å². The number of nitrogens with one attached hydrogen (secondary N) is 1. The van der Waals surface area contributed by atoms with Gasteiger partial charge in [-0.15, -0.1) is 22.7 Å². The van der Waals surface area contributed by atoms with E-state index in [0.29, 0.717) is 23.0 Å². The van der Waals surface area contributed by atoms with Gasteiger partial charge < -0.3 is 10.2 Å². The molecule has 1 fully saturated rings. The van der Waals surface area contributed by atoms with Crippen molar-refractivity contribution >= 4 is 39.6 Å². The minimum absolute atomic E-state index is 0.0670. The van der Waals surface area contributed by atoms with Gasteiger partial charge in [0, 0.05) is 17.5 Å². The van der Waals surface area contributed by atoms with Crippen LogP contribution in [0.3, 0.4) is 0 Å². The van der Waals surface area contributed by atoms with Gasteiger partial charge in [0.2, 0.25) is 5.91 Å². The molecule has 28 heavy (non-hydrogen) atoms. The molecule has 2 amide bonds. The highest BCUT2D eigenvalue weighted by molar-refractivity contribution is 7.14. The Balaban J connectivity index is 1.47. The van der Waals surface area contributed by atoms with Gasteiger partial charge >= 0.3 is 0 Å². The van der Waals surface area contributed by atoms with E-state index >= 15 is 0 Å². The molecule has 3 aromatic rings. The van der Waals surface area contributed by atoms with Gasteiger partial charge in [-0.1, -0.05) is 18.2 Å². The molecule has 3 heterocycles. The molecular formula is C21H21N3O2S2. The number of hydrogen-bond donors (Lipinski definition) is 1. The van der Waals surface area contributed by atoms with Crippen LogP contribution in [0.5, 0.6) is 0 Å². The number of hydrogen-bond acceptors (Lipinski definition) is 5. The number of carbonyl (C=O) groups is 2. The number of nitrogens with zero attached hydrogens (tertiary/aromatic N) is 2. The number of thiazole rings is 1. The van der Waals surface area contributed by atoms with Crippen LogP contribution in [-0.2, 0) is 4.79 Å². The van der Waals surface area contributed by atoms with Crippen LogP contribution >= 0.6 is 22.7 Å². The Morgan fingerprint density at radius 2 is 2.04 bits per heavy atom. The molecule has 0 bridgehead atoms. The summed E-state index contributed by atoms with van der Waals surface area (Å²) in [6, 6.07) is 9.44. The highest BCUT2D eigenvalue weighted by atomic mass is 32.1. The van der Waals surface area contributed by atoms with Crippen molar-refractivity contribution in [2.75, 3.05) is 11.9 Å². The molecule has 0 saturated carbocycles. The Morgan fingerprint density at radius 3 is 2.79 bits per heavy atom. The van der Waals surface area contributed by atoms with Gasteiger partial charge in [-0.25, -0.2) is 4.98 Å². The van der Waals surface area contributed by atoms with Gasteiger partial charge in [-0.2, -0.15) is 0 Å². The summed E-state index contributed by atoms with van der Waals surface area (Å²) in [5.41, 5.74) is 4.34. The lowest BCUT2D eigenvalue weighted by atomic mass is 10.1. The van der Waals surface area contributed by atoms with Crippen molar-refractivity contribution in [1.29, 1.82) is 0 Å². The van der Waals surface area contributed by atoms with Crippen LogP contribution < -0.4 is 5.32 Å². The molecular weight excluding hydrogens is 390 g/mol. The maximum atomic E-state index is 12.8.